The molecule has 0 aromatic rings. The van der Waals surface area contributed by atoms with Gasteiger partial charge in [-0.1, -0.05) is 0 Å². The third kappa shape index (κ3) is 5.61. The first-order valence-electron chi connectivity index (χ1n) is 5.31. The van der Waals surface area contributed by atoms with Gasteiger partial charge in [0.2, 0.25) is 0 Å². The highest BCUT2D eigenvalue weighted by Gasteiger charge is 2.47. The first-order valence-corrected chi connectivity index (χ1v) is 7.10. The van der Waals surface area contributed by atoms with Gasteiger partial charge in [-0.05, 0) is 20.8 Å². The van der Waals surface area contributed by atoms with E-state index in [9.17, 15) is 9.36 Å². The summed E-state index contributed by atoms with van der Waals surface area (Å²) in [5.41, 5.74) is 0. The second kappa shape index (κ2) is 7.08. The van der Waals surface area contributed by atoms with Crippen LogP contribution in [0.25, 0.3) is 0 Å². The third-order valence-electron chi connectivity index (χ3n) is 1.76. The Bertz CT molecular complexity index is 279. The molecular formula is C9H19O7P. The van der Waals surface area contributed by atoms with Crippen molar-refractivity contribution in [1.29, 1.82) is 0 Å². The molecule has 7 nitrogen and oxygen atoms in total. The van der Waals surface area contributed by atoms with Gasteiger partial charge in [-0.15, -0.1) is 0 Å². The van der Waals surface area contributed by atoms with Crippen LogP contribution in [-0.4, -0.2) is 47.5 Å². The highest BCUT2D eigenvalue weighted by molar-refractivity contribution is 7.51. The number of rotatable bonds is 8. The fraction of sp³-hybridized carbons (Fsp3) is 0.889. The first-order chi connectivity index (χ1) is 7.81. The van der Waals surface area contributed by atoms with Crippen LogP contribution in [0.3, 0.4) is 0 Å². The largest absolute Gasteiger partial charge is 0.462 e. The van der Waals surface area contributed by atoms with Gasteiger partial charge in [0.05, 0.1) is 6.61 Å². The second-order valence-corrected chi connectivity index (χ2v) is 4.81. The Kier molecular flexibility index (Phi) is 6.89. The van der Waals surface area contributed by atoms with Gasteiger partial charge >= 0.3 is 13.6 Å². The van der Waals surface area contributed by atoms with Crippen molar-refractivity contribution in [3.63, 3.8) is 0 Å². The fourth-order valence-electron chi connectivity index (χ4n) is 1.29. The van der Waals surface area contributed by atoms with Crippen LogP contribution >= 0.6 is 7.60 Å². The highest BCUT2D eigenvalue weighted by atomic mass is 31.2. The van der Waals surface area contributed by atoms with Gasteiger partial charge in [0.15, 0.2) is 0 Å². The molecule has 0 bridgehead atoms. The molecule has 0 aliphatic rings. The minimum atomic E-state index is -4.48. The Morgan fingerprint density at radius 1 is 1.12 bits per heavy atom. The molecule has 0 fully saturated rings. The molecule has 8 heteroatoms. The van der Waals surface area contributed by atoms with Crippen molar-refractivity contribution < 1.29 is 33.4 Å². The average Bonchev–Trinajstić information content (AvgIpc) is 2.16. The van der Waals surface area contributed by atoms with E-state index >= 15 is 0 Å². The smallest absolute Gasteiger partial charge is 0.367 e. The number of esters is 1. The summed E-state index contributed by atoms with van der Waals surface area (Å²) in [6.07, 6.45) is -0.861. The van der Waals surface area contributed by atoms with E-state index < -0.39 is 25.5 Å². The van der Waals surface area contributed by atoms with Gasteiger partial charge in [0, 0.05) is 13.2 Å². The molecule has 0 rings (SSSR count). The maximum absolute atomic E-state index is 11.7. The molecule has 0 saturated carbocycles. The zero-order chi connectivity index (χ0) is 13.5. The van der Waals surface area contributed by atoms with E-state index in [0.29, 0.717) is 0 Å². The van der Waals surface area contributed by atoms with Crippen molar-refractivity contribution in [2.45, 2.75) is 26.6 Å². The minimum Gasteiger partial charge on any atom is -0.462 e. The molecule has 0 aliphatic carbocycles. The van der Waals surface area contributed by atoms with Crippen molar-refractivity contribution in [2.24, 2.45) is 0 Å². The summed E-state index contributed by atoms with van der Waals surface area (Å²) >= 11 is 0. The average molecular weight is 270 g/mol. The number of carbonyl (C=O) groups is 1. The molecule has 0 amide bonds. The Labute approximate surface area is 100 Å². The van der Waals surface area contributed by atoms with Crippen molar-refractivity contribution in [2.75, 3.05) is 26.0 Å². The molecule has 17 heavy (non-hydrogen) atoms. The predicted octanol–water partition coefficient (Wildman–Crippen LogP) is 0.497. The van der Waals surface area contributed by atoms with E-state index in [4.69, 9.17) is 24.0 Å². The lowest BCUT2D eigenvalue weighted by Crippen LogP contribution is -2.49. The van der Waals surface area contributed by atoms with Gasteiger partial charge in [0.25, 0.3) is 5.79 Å². The molecule has 0 aromatic heterocycles. The van der Waals surface area contributed by atoms with Crippen molar-refractivity contribution in [3.8, 4) is 0 Å². The van der Waals surface area contributed by atoms with E-state index in [0.717, 1.165) is 0 Å². The molecule has 0 aliphatic heterocycles. The lowest BCUT2D eigenvalue weighted by molar-refractivity contribution is -0.236. The zero-order valence-corrected chi connectivity index (χ0v) is 11.1. The van der Waals surface area contributed by atoms with Crippen LogP contribution in [0.1, 0.15) is 20.8 Å². The summed E-state index contributed by atoms with van der Waals surface area (Å²) in [6.45, 7) is 4.97. The van der Waals surface area contributed by atoms with Gasteiger partial charge in [-0.2, -0.15) is 0 Å². The number of carbonyl (C=O) groups excluding carboxylic acids is 1. The molecule has 0 heterocycles. The van der Waals surface area contributed by atoms with Crippen LogP contribution < -0.4 is 0 Å². The van der Waals surface area contributed by atoms with Crippen LogP contribution in [0.15, 0.2) is 0 Å². The Morgan fingerprint density at radius 3 is 1.88 bits per heavy atom. The van der Waals surface area contributed by atoms with Crippen molar-refractivity contribution in [3.05, 3.63) is 0 Å². The maximum Gasteiger partial charge on any atom is 0.367 e. The third-order valence-corrected chi connectivity index (χ3v) is 2.58. The molecule has 0 spiro atoms. The normalized spacial score (nSPS) is 12.5. The molecule has 0 unspecified atom stereocenters. The van der Waals surface area contributed by atoms with Crippen LogP contribution in [0.2, 0.25) is 0 Å². The van der Waals surface area contributed by atoms with Crippen molar-refractivity contribution in [1.82, 2.24) is 0 Å². The van der Waals surface area contributed by atoms with Crippen LogP contribution in [-0.2, 0) is 23.6 Å². The van der Waals surface area contributed by atoms with Crippen LogP contribution in [0.4, 0.5) is 0 Å². The quantitative estimate of drug-likeness (QED) is 0.376. The SMILES string of the molecule is CCOC(=O)C(CP(=O)(O)O)(OCC)OCC. The summed E-state index contributed by atoms with van der Waals surface area (Å²) < 4.78 is 25.9. The second-order valence-electron chi connectivity index (χ2n) is 3.16. The molecule has 0 aromatic carbocycles. The molecule has 102 valence electrons. The van der Waals surface area contributed by atoms with E-state index in [1.54, 1.807) is 20.8 Å². The minimum absolute atomic E-state index is 0.0683. The van der Waals surface area contributed by atoms with E-state index in [1.165, 1.54) is 0 Å². The molecule has 0 atom stereocenters. The van der Waals surface area contributed by atoms with Crippen LogP contribution in [0, 0.1) is 0 Å². The molecule has 0 radical (unpaired) electrons. The summed E-state index contributed by atoms with van der Waals surface area (Å²) in [5, 5.41) is 0. The molecular weight excluding hydrogens is 251 g/mol. The van der Waals surface area contributed by atoms with Gasteiger partial charge in [-0.3, -0.25) is 4.57 Å². The van der Waals surface area contributed by atoms with E-state index in [2.05, 4.69) is 0 Å². The van der Waals surface area contributed by atoms with E-state index in [-0.39, 0.29) is 19.8 Å². The summed E-state index contributed by atoms with van der Waals surface area (Å²) in [5.74, 6) is -2.95. The van der Waals surface area contributed by atoms with E-state index in [1.807, 2.05) is 0 Å². The standard InChI is InChI=1S/C9H19O7P/c1-4-14-8(10)9(15-5-2,16-6-3)7-17(11,12)13/h4-7H2,1-3H3,(H2,11,12,13). The predicted molar refractivity (Wildman–Crippen MR) is 59.5 cm³/mol. The summed E-state index contributed by atoms with van der Waals surface area (Å²) in [4.78, 5) is 29.6. The van der Waals surface area contributed by atoms with Gasteiger partial charge in [0.1, 0.15) is 6.16 Å². The zero-order valence-electron chi connectivity index (χ0n) is 10.2. The number of ether oxygens (including phenoxy) is 3. The maximum atomic E-state index is 11.7. The Balaban J connectivity index is 5.10. The topological polar surface area (TPSA) is 102 Å². The lowest BCUT2D eigenvalue weighted by Gasteiger charge is -2.30. The Hall–Kier alpha value is -0.460. The van der Waals surface area contributed by atoms with Gasteiger partial charge < -0.3 is 24.0 Å². The summed E-state index contributed by atoms with van der Waals surface area (Å²) in [6, 6.07) is 0. The number of hydrogen-bond donors (Lipinski definition) is 2. The molecule has 2 N–H and O–H groups in total. The Morgan fingerprint density at radius 2 is 1.59 bits per heavy atom. The first kappa shape index (κ1) is 16.5. The summed E-state index contributed by atoms with van der Waals surface area (Å²) in [7, 11) is -4.48. The fourth-order valence-corrected chi connectivity index (χ4v) is 2.15. The van der Waals surface area contributed by atoms with Gasteiger partial charge in [-0.25, -0.2) is 4.79 Å². The monoisotopic (exact) mass is 270 g/mol. The lowest BCUT2D eigenvalue weighted by atomic mass is 10.3. The highest BCUT2D eigenvalue weighted by Crippen LogP contribution is 2.40. The molecule has 0 saturated heterocycles. The number of hydrogen-bond acceptors (Lipinski definition) is 5. The van der Waals surface area contributed by atoms with Crippen LogP contribution in [0.5, 0.6) is 0 Å². The van der Waals surface area contributed by atoms with Crippen molar-refractivity contribution >= 4 is 13.6 Å².